The van der Waals surface area contributed by atoms with E-state index in [0.29, 0.717) is 0 Å². The van der Waals surface area contributed by atoms with Crippen LogP contribution in [0.1, 0.15) is 34.8 Å². The molecule has 1 unspecified atom stereocenters. The molecule has 3 aromatic rings. The van der Waals surface area contributed by atoms with Crippen LogP contribution in [-0.4, -0.2) is 44.4 Å². The van der Waals surface area contributed by atoms with Gasteiger partial charge in [0, 0.05) is 30.0 Å². The van der Waals surface area contributed by atoms with Crippen LogP contribution in [0.15, 0.2) is 41.0 Å². The smallest absolute Gasteiger partial charge is 0.191 e. The van der Waals surface area contributed by atoms with Gasteiger partial charge >= 0.3 is 0 Å². The van der Waals surface area contributed by atoms with Crippen molar-refractivity contribution < 1.29 is 4.74 Å². The fourth-order valence-electron chi connectivity index (χ4n) is 3.45. The van der Waals surface area contributed by atoms with Gasteiger partial charge in [0.1, 0.15) is 5.82 Å². The van der Waals surface area contributed by atoms with E-state index < -0.39 is 0 Å². The van der Waals surface area contributed by atoms with E-state index in [1.54, 1.807) is 11.8 Å². The Morgan fingerprint density at radius 3 is 2.93 bits per heavy atom. The lowest BCUT2D eigenvalue weighted by Crippen LogP contribution is -2.23. The fraction of sp³-hybridized carbons (Fsp3) is 0.476. The van der Waals surface area contributed by atoms with Gasteiger partial charge < -0.3 is 9.30 Å². The van der Waals surface area contributed by atoms with Crippen LogP contribution in [0.4, 0.5) is 0 Å². The summed E-state index contributed by atoms with van der Waals surface area (Å²) in [6.45, 7) is 5.54. The molecule has 0 aliphatic carbocycles. The Hall–Kier alpha value is -1.74. The maximum absolute atomic E-state index is 5.90. The predicted octanol–water partition coefficient (Wildman–Crippen LogP) is 4.15. The van der Waals surface area contributed by atoms with E-state index in [2.05, 4.69) is 50.1 Å². The highest BCUT2D eigenvalue weighted by atomic mass is 32.2. The van der Waals surface area contributed by atoms with Crippen LogP contribution in [-0.2, 0) is 30.1 Å². The largest absolute Gasteiger partial charge is 0.376 e. The number of aromatic nitrogens is 4. The number of thiophene rings is 1. The van der Waals surface area contributed by atoms with Gasteiger partial charge in [-0.25, -0.2) is 0 Å². The first-order valence-corrected chi connectivity index (χ1v) is 11.8. The number of nitrogens with zero attached hydrogens (tertiary/aromatic N) is 5. The van der Waals surface area contributed by atoms with Crippen LogP contribution in [0.2, 0.25) is 0 Å². The van der Waals surface area contributed by atoms with Crippen LogP contribution in [0, 0.1) is 6.92 Å². The molecule has 4 rings (SSSR count). The van der Waals surface area contributed by atoms with E-state index in [9.17, 15) is 0 Å². The predicted molar refractivity (Wildman–Crippen MR) is 117 cm³/mol. The number of ether oxygens (including phenoxy) is 1. The topological polar surface area (TPSA) is 56.1 Å². The van der Waals surface area contributed by atoms with E-state index in [4.69, 9.17) is 4.74 Å². The monoisotopic (exact) mass is 429 g/mol. The Morgan fingerprint density at radius 2 is 2.21 bits per heavy atom. The summed E-state index contributed by atoms with van der Waals surface area (Å²) in [5.74, 6) is 1.79. The van der Waals surface area contributed by atoms with Crippen LogP contribution in [0.25, 0.3) is 0 Å². The lowest BCUT2D eigenvalue weighted by atomic mass is 10.2. The van der Waals surface area contributed by atoms with E-state index in [0.717, 1.165) is 61.5 Å². The van der Waals surface area contributed by atoms with Crippen molar-refractivity contribution in [3.8, 4) is 0 Å². The quantitative estimate of drug-likeness (QED) is 0.477. The number of pyridine rings is 1. The summed E-state index contributed by atoms with van der Waals surface area (Å²) in [5, 5.41) is 12.2. The summed E-state index contributed by atoms with van der Waals surface area (Å²) >= 11 is 3.51. The van der Waals surface area contributed by atoms with E-state index in [1.807, 2.05) is 35.7 Å². The highest BCUT2D eigenvalue weighted by molar-refractivity contribution is 7.98. The molecule has 0 amide bonds. The van der Waals surface area contributed by atoms with Gasteiger partial charge in [0.25, 0.3) is 0 Å². The highest BCUT2D eigenvalue weighted by Gasteiger charge is 2.22. The molecule has 1 fully saturated rings. The molecular formula is C21H27N5OS2. The van der Waals surface area contributed by atoms with Crippen molar-refractivity contribution in [2.75, 3.05) is 13.7 Å². The molecule has 0 N–H and O–H groups in total. The minimum Gasteiger partial charge on any atom is -0.376 e. The van der Waals surface area contributed by atoms with Gasteiger partial charge in [-0.3, -0.25) is 9.88 Å². The van der Waals surface area contributed by atoms with E-state index in [-0.39, 0.29) is 6.10 Å². The van der Waals surface area contributed by atoms with Gasteiger partial charge in [0.15, 0.2) is 5.16 Å². The molecule has 0 spiro atoms. The van der Waals surface area contributed by atoms with Crippen molar-refractivity contribution in [2.45, 2.75) is 56.4 Å². The van der Waals surface area contributed by atoms with Gasteiger partial charge in [0.2, 0.25) is 0 Å². The molecule has 0 radical (unpaired) electrons. The lowest BCUT2D eigenvalue weighted by molar-refractivity contribution is 0.0934. The summed E-state index contributed by atoms with van der Waals surface area (Å²) in [5.41, 5.74) is 2.41. The fourth-order valence-corrected chi connectivity index (χ4v) is 5.32. The molecule has 8 heteroatoms. The lowest BCUT2D eigenvalue weighted by Gasteiger charge is -2.19. The standard InChI is InChI=1S/C21H27N5OS2/c1-16-8-11-28-19(16)13-25(2)14-20-23-24-21(26(20)12-18-7-5-10-27-18)29-15-17-6-3-4-9-22-17/h3-4,6,8-9,11,18H,5,7,10,12-15H2,1-2H3. The highest BCUT2D eigenvalue weighted by Crippen LogP contribution is 2.25. The normalized spacial score (nSPS) is 16.7. The summed E-state index contributed by atoms with van der Waals surface area (Å²) in [4.78, 5) is 8.13. The maximum atomic E-state index is 5.90. The Kier molecular flexibility index (Phi) is 6.97. The molecule has 3 aromatic heterocycles. The third-order valence-electron chi connectivity index (χ3n) is 5.07. The van der Waals surface area contributed by atoms with Crippen LogP contribution in [0.5, 0.6) is 0 Å². The minimum atomic E-state index is 0.254. The molecule has 0 saturated carbocycles. The van der Waals surface area contributed by atoms with Gasteiger partial charge in [-0.15, -0.1) is 21.5 Å². The first-order chi connectivity index (χ1) is 14.2. The Labute approximate surface area is 180 Å². The van der Waals surface area contributed by atoms with Crippen molar-refractivity contribution >= 4 is 23.1 Å². The third kappa shape index (κ3) is 5.45. The molecule has 1 saturated heterocycles. The molecule has 1 atom stereocenters. The van der Waals surface area contributed by atoms with Crippen molar-refractivity contribution in [3.05, 3.63) is 57.8 Å². The van der Waals surface area contributed by atoms with Gasteiger partial charge in [-0.2, -0.15) is 0 Å². The molecule has 154 valence electrons. The Bertz CT molecular complexity index is 905. The number of hydrogen-bond acceptors (Lipinski definition) is 7. The summed E-state index contributed by atoms with van der Waals surface area (Å²) in [7, 11) is 2.14. The summed E-state index contributed by atoms with van der Waals surface area (Å²) in [6, 6.07) is 8.19. The molecule has 0 bridgehead atoms. The van der Waals surface area contributed by atoms with E-state index >= 15 is 0 Å². The van der Waals surface area contributed by atoms with Gasteiger partial charge in [-0.05, 0) is 56.0 Å². The zero-order valence-electron chi connectivity index (χ0n) is 17.0. The Balaban J connectivity index is 1.47. The molecule has 1 aliphatic heterocycles. The first-order valence-electron chi connectivity index (χ1n) is 9.97. The summed E-state index contributed by atoms with van der Waals surface area (Å²) in [6.07, 6.45) is 4.33. The average molecular weight is 430 g/mol. The average Bonchev–Trinajstić information content (AvgIpc) is 3.46. The molecule has 0 aromatic carbocycles. The molecule has 29 heavy (non-hydrogen) atoms. The SMILES string of the molecule is Cc1ccsc1CN(C)Cc1nnc(SCc2ccccn2)n1CC1CCCO1. The van der Waals surface area contributed by atoms with Crippen molar-refractivity contribution in [3.63, 3.8) is 0 Å². The van der Waals surface area contributed by atoms with Crippen molar-refractivity contribution in [1.82, 2.24) is 24.6 Å². The zero-order chi connectivity index (χ0) is 20.1. The first kappa shape index (κ1) is 20.5. The molecule has 6 nitrogen and oxygen atoms in total. The number of rotatable bonds is 9. The second-order valence-corrected chi connectivity index (χ2v) is 9.40. The van der Waals surface area contributed by atoms with Crippen LogP contribution >= 0.6 is 23.1 Å². The van der Waals surface area contributed by atoms with E-state index in [1.165, 1.54) is 10.4 Å². The minimum absolute atomic E-state index is 0.254. The zero-order valence-corrected chi connectivity index (χ0v) is 18.6. The number of thioether (sulfide) groups is 1. The van der Waals surface area contributed by atoms with Crippen molar-refractivity contribution in [2.24, 2.45) is 0 Å². The van der Waals surface area contributed by atoms with Crippen LogP contribution in [0.3, 0.4) is 0 Å². The van der Waals surface area contributed by atoms with Crippen LogP contribution < -0.4 is 0 Å². The second-order valence-electron chi connectivity index (χ2n) is 7.45. The molecular weight excluding hydrogens is 402 g/mol. The summed E-state index contributed by atoms with van der Waals surface area (Å²) < 4.78 is 8.15. The van der Waals surface area contributed by atoms with Gasteiger partial charge in [-0.1, -0.05) is 17.8 Å². The molecule has 1 aliphatic rings. The maximum Gasteiger partial charge on any atom is 0.191 e. The number of hydrogen-bond donors (Lipinski definition) is 0. The third-order valence-corrected chi connectivity index (χ3v) is 7.08. The van der Waals surface area contributed by atoms with Gasteiger partial charge in [0.05, 0.1) is 24.9 Å². The van der Waals surface area contributed by atoms with Crippen molar-refractivity contribution in [1.29, 1.82) is 0 Å². The molecule has 4 heterocycles. The second kappa shape index (κ2) is 9.84. The number of aryl methyl sites for hydroxylation is 1. The Morgan fingerprint density at radius 1 is 1.28 bits per heavy atom.